The highest BCUT2D eigenvalue weighted by Gasteiger charge is 2.20. The summed E-state index contributed by atoms with van der Waals surface area (Å²) in [5.74, 6) is 0. The van der Waals surface area contributed by atoms with E-state index in [9.17, 15) is 0 Å². The second-order valence-corrected chi connectivity index (χ2v) is 9.32. The number of halogens is 1. The highest BCUT2D eigenvalue weighted by atomic mass is 35.6. The summed E-state index contributed by atoms with van der Waals surface area (Å²) < 4.78 is 0. The van der Waals surface area contributed by atoms with Gasteiger partial charge in [0.25, 0.3) is 0 Å². The zero-order valence-electron chi connectivity index (χ0n) is 5.03. The minimum Gasteiger partial charge on any atom is -0.168 e. The van der Waals surface area contributed by atoms with Gasteiger partial charge in [0.15, 0.2) is 0 Å². The molecule has 7 heavy (non-hydrogen) atoms. The van der Waals surface area contributed by atoms with E-state index < -0.39 is 7.38 Å². The smallest absolute Gasteiger partial charge is 0.145 e. The van der Waals surface area contributed by atoms with Crippen LogP contribution in [-0.4, -0.2) is 15.2 Å². The normalized spacial score (nSPS) is 16.6. The van der Waals surface area contributed by atoms with E-state index >= 15 is 0 Å². The summed E-state index contributed by atoms with van der Waals surface area (Å²) in [6, 6.07) is 0. The molecule has 40 valence electrons. The molecule has 3 heteroatoms. The van der Waals surface area contributed by atoms with Gasteiger partial charge in [-0.1, -0.05) is 25.5 Å². The maximum Gasteiger partial charge on any atom is 0.145 e. The van der Waals surface area contributed by atoms with E-state index in [0.29, 0.717) is 0 Å². The highest BCUT2D eigenvalue weighted by molar-refractivity contribution is 7.21. The molecule has 0 aliphatic heterocycles. The molecule has 0 spiro atoms. The van der Waals surface area contributed by atoms with Crippen LogP contribution in [-0.2, 0) is 0 Å². The molecule has 0 aromatic rings. The van der Waals surface area contributed by atoms with Crippen LogP contribution < -0.4 is 0 Å². The van der Waals surface area contributed by atoms with Gasteiger partial charge in [-0.05, 0) is 0 Å². The van der Waals surface area contributed by atoms with Crippen LogP contribution in [0.3, 0.4) is 0 Å². The summed E-state index contributed by atoms with van der Waals surface area (Å²) in [4.78, 5) is 0. The molecule has 0 N–H and O–H groups in total. The number of rotatable bonds is 1. The monoisotopic (exact) mass is 132 g/mol. The average molecular weight is 132 g/mol. The van der Waals surface area contributed by atoms with Crippen molar-refractivity contribution in [1.29, 1.82) is 0 Å². The number of hydrogen-bond acceptors (Lipinski definition) is 0. The first-order valence-electron chi connectivity index (χ1n) is 2.39. The van der Waals surface area contributed by atoms with E-state index in [1.165, 1.54) is 0 Å². The summed E-state index contributed by atoms with van der Waals surface area (Å²) in [6.07, 6.45) is 0. The molecule has 0 heterocycles. The summed E-state index contributed by atoms with van der Waals surface area (Å²) in [5, 5.41) is 0. The minimum absolute atomic E-state index is 0.203. The Morgan fingerprint density at radius 1 is 1.57 bits per heavy atom. The van der Waals surface area contributed by atoms with Crippen molar-refractivity contribution in [3.05, 3.63) is 0 Å². The van der Waals surface area contributed by atoms with Gasteiger partial charge in [-0.3, -0.25) is 0 Å². The topological polar surface area (TPSA) is 0 Å². The first kappa shape index (κ1) is 7.57. The summed E-state index contributed by atoms with van der Waals surface area (Å²) in [6.45, 7) is 6.04. The molecule has 1 atom stereocenters. The lowest BCUT2D eigenvalue weighted by molar-refractivity contribution is 1.29. The molecule has 1 unspecified atom stereocenters. The average Bonchev–Trinajstić information content (AvgIpc) is 1.31. The van der Waals surface area contributed by atoms with Crippen molar-refractivity contribution in [3.8, 4) is 0 Å². The van der Waals surface area contributed by atoms with E-state index in [0.717, 1.165) is 0 Å². The van der Waals surface area contributed by atoms with E-state index in [4.69, 9.17) is 18.9 Å². The van der Waals surface area contributed by atoms with Gasteiger partial charge in [0.1, 0.15) is 7.38 Å². The lowest BCUT2D eigenvalue weighted by Crippen LogP contribution is -2.22. The molecule has 0 aromatic heterocycles. The van der Waals surface area contributed by atoms with Crippen molar-refractivity contribution in [3.63, 3.8) is 0 Å². The van der Waals surface area contributed by atoms with Crippen molar-refractivity contribution in [2.75, 3.05) is 0 Å². The third-order valence-corrected chi connectivity index (χ3v) is 4.28. The van der Waals surface area contributed by atoms with Gasteiger partial charge >= 0.3 is 0 Å². The van der Waals surface area contributed by atoms with Crippen LogP contribution >= 0.6 is 11.1 Å². The van der Waals surface area contributed by atoms with Crippen molar-refractivity contribution in [1.82, 2.24) is 0 Å². The molecular formula is C4H10BClSi. The maximum atomic E-state index is 5.88. The van der Waals surface area contributed by atoms with Crippen LogP contribution in [0.5, 0.6) is 0 Å². The van der Waals surface area contributed by atoms with E-state index in [-0.39, 0.29) is 5.44 Å². The SMILES string of the molecule is [B]C(C)[Si](C)(C)Cl. The van der Waals surface area contributed by atoms with E-state index in [2.05, 4.69) is 0 Å². The van der Waals surface area contributed by atoms with Crippen molar-refractivity contribution in [2.24, 2.45) is 0 Å². The maximum absolute atomic E-state index is 5.88. The van der Waals surface area contributed by atoms with Crippen LogP contribution in [0.1, 0.15) is 6.92 Å². The van der Waals surface area contributed by atoms with Gasteiger partial charge in [0.2, 0.25) is 0 Å². The van der Waals surface area contributed by atoms with Crippen LogP contribution in [0.25, 0.3) is 0 Å². The zero-order valence-corrected chi connectivity index (χ0v) is 6.79. The number of hydrogen-bond donors (Lipinski definition) is 0. The first-order chi connectivity index (χ1) is 2.94. The molecule has 0 aliphatic carbocycles. The second kappa shape index (κ2) is 2.23. The fraction of sp³-hybridized carbons (Fsp3) is 1.00. The molecular weight excluding hydrogens is 122 g/mol. The Labute approximate surface area is 52.4 Å². The molecule has 0 fully saturated rings. The Bertz CT molecular complexity index is 57.2. The standard InChI is InChI=1S/C4H10BClSi/c1-4(5)7(2,3)6/h4H,1-3H3. The summed E-state index contributed by atoms with van der Waals surface area (Å²) in [7, 11) is 4.01. The molecule has 0 saturated heterocycles. The predicted molar refractivity (Wildman–Crippen MR) is 38.5 cm³/mol. The highest BCUT2D eigenvalue weighted by Crippen LogP contribution is 2.20. The lowest BCUT2D eigenvalue weighted by atomic mass is 10.1. The predicted octanol–water partition coefficient (Wildman–Crippen LogP) is 1.95. The van der Waals surface area contributed by atoms with Crippen LogP contribution in [0, 0.1) is 0 Å². The molecule has 0 bridgehead atoms. The fourth-order valence-corrected chi connectivity index (χ4v) is 0. The largest absolute Gasteiger partial charge is 0.168 e. The second-order valence-electron chi connectivity index (χ2n) is 2.35. The van der Waals surface area contributed by atoms with Gasteiger partial charge in [0.05, 0.1) is 7.85 Å². The minimum atomic E-state index is -1.48. The molecule has 0 aliphatic rings. The van der Waals surface area contributed by atoms with Crippen molar-refractivity contribution >= 4 is 26.3 Å². The molecule has 2 radical (unpaired) electrons. The van der Waals surface area contributed by atoms with Crippen molar-refractivity contribution < 1.29 is 0 Å². The Morgan fingerprint density at radius 2 is 1.71 bits per heavy atom. The van der Waals surface area contributed by atoms with Crippen LogP contribution in [0.4, 0.5) is 0 Å². The van der Waals surface area contributed by atoms with E-state index in [1.807, 2.05) is 20.0 Å². The van der Waals surface area contributed by atoms with Gasteiger partial charge in [-0.15, -0.1) is 0 Å². The molecule has 0 rings (SSSR count). The van der Waals surface area contributed by atoms with Gasteiger partial charge in [-0.2, -0.15) is 11.1 Å². The van der Waals surface area contributed by atoms with E-state index in [1.54, 1.807) is 0 Å². The Hall–Kier alpha value is 0.572. The van der Waals surface area contributed by atoms with Crippen molar-refractivity contribution in [2.45, 2.75) is 25.5 Å². The van der Waals surface area contributed by atoms with Crippen LogP contribution in [0.15, 0.2) is 0 Å². The van der Waals surface area contributed by atoms with Crippen LogP contribution in [0.2, 0.25) is 18.5 Å². The third-order valence-electron chi connectivity index (χ3n) is 1.08. The summed E-state index contributed by atoms with van der Waals surface area (Å²) in [5.41, 5.74) is 0.203. The van der Waals surface area contributed by atoms with Gasteiger partial charge in [0, 0.05) is 0 Å². The van der Waals surface area contributed by atoms with Gasteiger partial charge in [-0.25, -0.2) is 0 Å². The molecule has 0 aromatic carbocycles. The summed E-state index contributed by atoms with van der Waals surface area (Å²) >= 11 is 5.88. The quantitative estimate of drug-likeness (QED) is 0.378. The Kier molecular flexibility index (Phi) is 2.41. The molecule has 0 nitrogen and oxygen atoms in total. The fourth-order valence-electron chi connectivity index (χ4n) is 0. The molecule has 0 amide bonds. The Morgan fingerprint density at radius 3 is 1.71 bits per heavy atom. The Balaban J connectivity index is 3.54. The first-order valence-corrected chi connectivity index (χ1v) is 6.48. The zero-order chi connectivity index (χ0) is 6.08. The van der Waals surface area contributed by atoms with Gasteiger partial charge < -0.3 is 0 Å². The molecule has 0 saturated carbocycles. The lowest BCUT2D eigenvalue weighted by Gasteiger charge is -2.16. The third kappa shape index (κ3) is 3.18.